The van der Waals surface area contributed by atoms with Crippen molar-refractivity contribution in [2.24, 2.45) is 29.4 Å². The Hall–Kier alpha value is -1.90. The minimum Gasteiger partial charge on any atom is -0.493 e. The zero-order chi connectivity index (χ0) is 29.0. The van der Waals surface area contributed by atoms with E-state index in [0.29, 0.717) is 49.9 Å². The SMILES string of the molecule is COCCCOc1cc(C[C@@H](C[C@H](N)[C@@H](O)C[C@H](C(=O)NCC2(F)CCCC2)C(C)C)C(C)C)ccc1OC. The zero-order valence-corrected chi connectivity index (χ0v) is 25.0. The molecule has 0 unspecified atom stereocenters. The van der Waals surface area contributed by atoms with Gasteiger partial charge < -0.3 is 30.4 Å². The number of aliphatic hydroxyl groups excluding tert-OH is 1. The van der Waals surface area contributed by atoms with Gasteiger partial charge in [0.15, 0.2) is 11.5 Å². The van der Waals surface area contributed by atoms with E-state index < -0.39 is 23.7 Å². The van der Waals surface area contributed by atoms with Crippen LogP contribution in [-0.2, 0) is 16.0 Å². The lowest BCUT2D eigenvalue weighted by atomic mass is 9.80. The van der Waals surface area contributed by atoms with Gasteiger partial charge in [0.1, 0.15) is 5.67 Å². The minimum absolute atomic E-state index is 0.00786. The maximum atomic E-state index is 14.8. The second kappa shape index (κ2) is 16.4. The van der Waals surface area contributed by atoms with Gasteiger partial charge in [-0.2, -0.15) is 0 Å². The van der Waals surface area contributed by atoms with Crippen molar-refractivity contribution in [1.29, 1.82) is 0 Å². The Kier molecular flexibility index (Phi) is 14.0. The standard InChI is InChI=1S/C31H53FN2O5/c1-21(2)24(16-23-10-11-28(38-6)29(17-23)39-15-9-14-37-5)18-26(33)27(35)19-25(22(3)4)30(36)34-20-31(32)12-7-8-13-31/h10-11,17,21-22,24-27,35H,7-9,12-16,18-20,33H2,1-6H3,(H,34,36)/t24-,25-,26-,27-/m0/s1. The number of nitrogens with two attached hydrogens (primary N) is 1. The molecule has 7 nitrogen and oxygen atoms in total. The summed E-state index contributed by atoms with van der Waals surface area (Å²) in [6.07, 6.45) is 4.35. The molecule has 0 saturated heterocycles. The summed E-state index contributed by atoms with van der Waals surface area (Å²) in [5.74, 6) is 1.35. The zero-order valence-electron chi connectivity index (χ0n) is 25.0. The van der Waals surface area contributed by atoms with Crippen LogP contribution in [0.25, 0.3) is 0 Å². The number of methoxy groups -OCH3 is 2. The monoisotopic (exact) mass is 552 g/mol. The highest BCUT2D eigenvalue weighted by Gasteiger charge is 2.36. The molecule has 2 rings (SSSR count). The number of carbonyl (C=O) groups excluding carboxylic acids is 1. The molecule has 8 heteroatoms. The van der Waals surface area contributed by atoms with Crippen LogP contribution in [0.15, 0.2) is 18.2 Å². The van der Waals surface area contributed by atoms with Gasteiger partial charge in [-0.1, -0.05) is 46.6 Å². The number of alkyl halides is 1. The van der Waals surface area contributed by atoms with Gasteiger partial charge >= 0.3 is 0 Å². The lowest BCUT2D eigenvalue weighted by Gasteiger charge is -2.30. The average Bonchev–Trinajstić information content (AvgIpc) is 3.34. The lowest BCUT2D eigenvalue weighted by Crippen LogP contribution is -2.45. The van der Waals surface area contributed by atoms with Crippen LogP contribution in [0, 0.1) is 23.7 Å². The Morgan fingerprint density at radius 3 is 2.36 bits per heavy atom. The second-order valence-corrected chi connectivity index (χ2v) is 12.0. The number of benzene rings is 1. The molecule has 0 bridgehead atoms. The average molecular weight is 553 g/mol. The Labute approximate surface area is 235 Å². The number of hydrogen-bond donors (Lipinski definition) is 3. The topological polar surface area (TPSA) is 103 Å². The van der Waals surface area contributed by atoms with E-state index in [4.69, 9.17) is 19.9 Å². The number of amides is 1. The van der Waals surface area contributed by atoms with E-state index in [9.17, 15) is 14.3 Å². The Bertz CT molecular complexity index is 859. The molecule has 1 aromatic carbocycles. The third-order valence-corrected chi connectivity index (χ3v) is 8.20. The van der Waals surface area contributed by atoms with Gasteiger partial charge in [0, 0.05) is 32.1 Å². The van der Waals surface area contributed by atoms with Crippen LogP contribution in [0.3, 0.4) is 0 Å². The van der Waals surface area contributed by atoms with Crippen molar-refractivity contribution in [3.8, 4) is 11.5 Å². The number of halogens is 1. The fourth-order valence-corrected chi connectivity index (χ4v) is 5.43. The molecule has 0 spiro atoms. The van der Waals surface area contributed by atoms with Gasteiger partial charge in [0.05, 0.1) is 26.4 Å². The summed E-state index contributed by atoms with van der Waals surface area (Å²) in [5.41, 5.74) is 6.34. The first-order chi connectivity index (χ1) is 18.5. The number of carbonyl (C=O) groups is 1. The Morgan fingerprint density at radius 1 is 1.08 bits per heavy atom. The molecule has 1 amide bonds. The second-order valence-electron chi connectivity index (χ2n) is 12.0. The molecular formula is C31H53FN2O5. The fourth-order valence-electron chi connectivity index (χ4n) is 5.43. The van der Waals surface area contributed by atoms with Crippen molar-refractivity contribution >= 4 is 5.91 Å². The largest absolute Gasteiger partial charge is 0.493 e. The molecule has 224 valence electrons. The Morgan fingerprint density at radius 2 is 1.77 bits per heavy atom. The van der Waals surface area contributed by atoms with E-state index in [0.717, 1.165) is 31.2 Å². The van der Waals surface area contributed by atoms with Crippen molar-refractivity contribution in [2.45, 2.75) is 96.9 Å². The van der Waals surface area contributed by atoms with E-state index in [1.54, 1.807) is 14.2 Å². The molecule has 1 aliphatic rings. The minimum atomic E-state index is -1.30. The van der Waals surface area contributed by atoms with Crippen molar-refractivity contribution < 1.29 is 28.5 Å². The number of hydrogen-bond acceptors (Lipinski definition) is 6. The van der Waals surface area contributed by atoms with Crippen LogP contribution in [0.2, 0.25) is 0 Å². The highest BCUT2D eigenvalue weighted by atomic mass is 19.1. The fraction of sp³-hybridized carbons (Fsp3) is 0.774. The molecular weight excluding hydrogens is 499 g/mol. The first-order valence-corrected chi connectivity index (χ1v) is 14.7. The van der Waals surface area contributed by atoms with Crippen LogP contribution >= 0.6 is 0 Å². The summed E-state index contributed by atoms with van der Waals surface area (Å²) in [6.45, 7) is 9.46. The Balaban J connectivity index is 1.99. The molecule has 4 N–H and O–H groups in total. The first kappa shape index (κ1) is 33.3. The summed E-state index contributed by atoms with van der Waals surface area (Å²) in [5, 5.41) is 13.9. The third kappa shape index (κ3) is 10.9. The van der Waals surface area contributed by atoms with E-state index in [-0.39, 0.29) is 30.7 Å². The van der Waals surface area contributed by atoms with Gasteiger partial charge in [0.25, 0.3) is 0 Å². The summed E-state index contributed by atoms with van der Waals surface area (Å²) in [4.78, 5) is 13.0. The number of nitrogens with one attached hydrogen (secondary N) is 1. The predicted octanol–water partition coefficient (Wildman–Crippen LogP) is 5.06. The molecule has 1 saturated carbocycles. The first-order valence-electron chi connectivity index (χ1n) is 14.7. The van der Waals surface area contributed by atoms with Crippen LogP contribution in [0.4, 0.5) is 4.39 Å². The molecule has 1 fully saturated rings. The van der Waals surface area contributed by atoms with Crippen LogP contribution in [0.1, 0.15) is 78.2 Å². The molecule has 39 heavy (non-hydrogen) atoms. The number of aliphatic hydroxyl groups is 1. The van der Waals surface area contributed by atoms with Crippen molar-refractivity contribution in [3.05, 3.63) is 23.8 Å². The maximum Gasteiger partial charge on any atom is 0.223 e. The molecule has 0 aromatic heterocycles. The van der Waals surface area contributed by atoms with Crippen molar-refractivity contribution in [2.75, 3.05) is 34.0 Å². The molecule has 0 aliphatic heterocycles. The van der Waals surface area contributed by atoms with Gasteiger partial charge in [-0.05, 0) is 67.6 Å². The van der Waals surface area contributed by atoms with E-state index in [2.05, 4.69) is 19.2 Å². The van der Waals surface area contributed by atoms with E-state index in [1.165, 1.54) is 0 Å². The van der Waals surface area contributed by atoms with Gasteiger partial charge in [0.2, 0.25) is 5.91 Å². The normalized spacial score (nSPS) is 18.1. The molecule has 4 atom stereocenters. The lowest BCUT2D eigenvalue weighted by molar-refractivity contribution is -0.128. The van der Waals surface area contributed by atoms with Crippen LogP contribution in [-0.4, -0.2) is 62.8 Å². The highest BCUT2D eigenvalue weighted by molar-refractivity contribution is 5.79. The molecule has 1 aromatic rings. The van der Waals surface area contributed by atoms with Gasteiger partial charge in [-0.25, -0.2) is 4.39 Å². The van der Waals surface area contributed by atoms with E-state index in [1.807, 2.05) is 32.0 Å². The van der Waals surface area contributed by atoms with Crippen molar-refractivity contribution in [1.82, 2.24) is 5.32 Å². The smallest absolute Gasteiger partial charge is 0.223 e. The summed E-state index contributed by atoms with van der Waals surface area (Å²) < 4.78 is 31.3. The molecule has 1 aliphatic carbocycles. The van der Waals surface area contributed by atoms with Crippen LogP contribution < -0.4 is 20.5 Å². The number of ether oxygens (including phenoxy) is 3. The molecule has 0 radical (unpaired) electrons. The summed E-state index contributed by atoms with van der Waals surface area (Å²) >= 11 is 0. The van der Waals surface area contributed by atoms with E-state index >= 15 is 0 Å². The van der Waals surface area contributed by atoms with Gasteiger partial charge in [-0.15, -0.1) is 0 Å². The van der Waals surface area contributed by atoms with Crippen LogP contribution in [0.5, 0.6) is 11.5 Å². The summed E-state index contributed by atoms with van der Waals surface area (Å²) in [6, 6.07) is 5.51. The maximum absolute atomic E-state index is 14.8. The quantitative estimate of drug-likeness (QED) is 0.220. The predicted molar refractivity (Wildman–Crippen MR) is 154 cm³/mol. The third-order valence-electron chi connectivity index (χ3n) is 8.20. The molecule has 0 heterocycles. The van der Waals surface area contributed by atoms with Gasteiger partial charge in [-0.3, -0.25) is 4.79 Å². The summed E-state index contributed by atoms with van der Waals surface area (Å²) in [7, 11) is 3.30. The highest BCUT2D eigenvalue weighted by Crippen LogP contribution is 2.34. The van der Waals surface area contributed by atoms with Crippen molar-refractivity contribution in [3.63, 3.8) is 0 Å². The number of rotatable bonds is 18.